The SMILES string of the molecule is CCCCn1c(-c2ccc(Cl)cc2)nn(CCC(=O)Nc2ccccc2)c1=S. The minimum atomic E-state index is -0.0655. The van der Waals surface area contributed by atoms with Crippen LogP contribution in [0.15, 0.2) is 54.6 Å². The molecule has 28 heavy (non-hydrogen) atoms. The lowest BCUT2D eigenvalue weighted by atomic mass is 10.2. The Morgan fingerprint density at radius 3 is 2.50 bits per heavy atom. The number of anilines is 1. The highest BCUT2D eigenvalue weighted by atomic mass is 35.5. The zero-order chi connectivity index (χ0) is 19.9. The van der Waals surface area contributed by atoms with Gasteiger partial charge in [0, 0.05) is 29.2 Å². The average molecular weight is 415 g/mol. The van der Waals surface area contributed by atoms with Gasteiger partial charge in [-0.05, 0) is 55.0 Å². The summed E-state index contributed by atoms with van der Waals surface area (Å²) in [5.74, 6) is 0.739. The van der Waals surface area contributed by atoms with Crippen molar-refractivity contribution in [3.8, 4) is 11.4 Å². The molecule has 2 aromatic carbocycles. The van der Waals surface area contributed by atoms with Gasteiger partial charge in [-0.3, -0.25) is 9.36 Å². The maximum atomic E-state index is 12.3. The fourth-order valence-electron chi connectivity index (χ4n) is 2.87. The Kier molecular flexibility index (Phi) is 7.01. The first-order chi connectivity index (χ1) is 13.6. The summed E-state index contributed by atoms with van der Waals surface area (Å²) < 4.78 is 4.40. The van der Waals surface area contributed by atoms with Crippen LogP contribution in [0.1, 0.15) is 26.2 Å². The smallest absolute Gasteiger partial charge is 0.226 e. The van der Waals surface area contributed by atoms with Gasteiger partial charge in [0.2, 0.25) is 5.91 Å². The Bertz CT molecular complexity index is 980. The van der Waals surface area contributed by atoms with Gasteiger partial charge in [0.15, 0.2) is 10.6 Å². The molecule has 0 atom stereocenters. The second-order valence-electron chi connectivity index (χ2n) is 6.51. The molecule has 0 fully saturated rings. The first kappa shape index (κ1) is 20.3. The summed E-state index contributed by atoms with van der Waals surface area (Å²) in [6.45, 7) is 3.37. The number of benzene rings is 2. The van der Waals surface area contributed by atoms with Crippen LogP contribution in [0.3, 0.4) is 0 Å². The highest BCUT2D eigenvalue weighted by Gasteiger charge is 2.13. The summed E-state index contributed by atoms with van der Waals surface area (Å²) in [5.41, 5.74) is 1.74. The van der Waals surface area contributed by atoms with Crippen molar-refractivity contribution in [2.45, 2.75) is 39.3 Å². The Morgan fingerprint density at radius 1 is 1.11 bits per heavy atom. The van der Waals surface area contributed by atoms with Crippen LogP contribution in [-0.2, 0) is 17.9 Å². The fourth-order valence-corrected chi connectivity index (χ4v) is 3.31. The summed E-state index contributed by atoms with van der Waals surface area (Å²) in [4.78, 5) is 12.3. The van der Waals surface area contributed by atoms with Gasteiger partial charge in [0.05, 0.1) is 6.54 Å². The molecule has 0 aliphatic heterocycles. The van der Waals surface area contributed by atoms with Crippen LogP contribution in [-0.4, -0.2) is 20.3 Å². The van der Waals surface area contributed by atoms with Gasteiger partial charge in [-0.25, -0.2) is 4.68 Å². The summed E-state index contributed by atoms with van der Waals surface area (Å²) in [5, 5.41) is 8.26. The number of carbonyl (C=O) groups is 1. The summed E-state index contributed by atoms with van der Waals surface area (Å²) in [6, 6.07) is 17.0. The van der Waals surface area contributed by atoms with Gasteiger partial charge < -0.3 is 5.32 Å². The van der Waals surface area contributed by atoms with E-state index in [0.29, 0.717) is 22.8 Å². The van der Waals surface area contributed by atoms with Crippen molar-refractivity contribution in [1.82, 2.24) is 14.3 Å². The summed E-state index contributed by atoms with van der Waals surface area (Å²) >= 11 is 11.7. The Hall–Kier alpha value is -2.44. The molecule has 7 heteroatoms. The molecule has 0 aliphatic rings. The topological polar surface area (TPSA) is 51.9 Å². The van der Waals surface area contributed by atoms with Gasteiger partial charge in [0.25, 0.3) is 0 Å². The molecule has 3 aromatic rings. The quantitative estimate of drug-likeness (QED) is 0.490. The molecular weight excluding hydrogens is 392 g/mol. The minimum Gasteiger partial charge on any atom is -0.326 e. The number of amides is 1. The van der Waals surface area contributed by atoms with Crippen LogP contribution >= 0.6 is 23.8 Å². The number of para-hydroxylation sites is 1. The first-order valence-corrected chi connectivity index (χ1v) is 10.2. The number of hydrogen-bond donors (Lipinski definition) is 1. The Morgan fingerprint density at radius 2 is 1.82 bits per heavy atom. The number of rotatable bonds is 8. The van der Waals surface area contributed by atoms with Crippen LogP contribution in [0.2, 0.25) is 5.02 Å². The molecule has 1 heterocycles. The predicted octanol–water partition coefficient (Wildman–Crippen LogP) is 5.56. The first-order valence-electron chi connectivity index (χ1n) is 9.37. The Labute approximate surface area is 175 Å². The van der Waals surface area contributed by atoms with E-state index in [9.17, 15) is 4.79 Å². The third kappa shape index (κ3) is 5.09. The lowest BCUT2D eigenvalue weighted by Crippen LogP contribution is -2.15. The summed E-state index contributed by atoms with van der Waals surface area (Å²) in [7, 11) is 0. The molecule has 0 unspecified atom stereocenters. The fraction of sp³-hybridized carbons (Fsp3) is 0.286. The molecule has 1 aromatic heterocycles. The lowest BCUT2D eigenvalue weighted by molar-refractivity contribution is -0.116. The highest BCUT2D eigenvalue weighted by molar-refractivity contribution is 7.71. The van der Waals surface area contributed by atoms with Crippen molar-refractivity contribution >= 4 is 35.4 Å². The number of aryl methyl sites for hydroxylation is 1. The summed E-state index contributed by atoms with van der Waals surface area (Å²) in [6.07, 6.45) is 2.37. The standard InChI is InChI=1S/C21H23ClN4OS/c1-2-3-14-25-20(16-9-11-17(22)12-10-16)24-26(21(25)28)15-13-19(27)23-18-7-5-4-6-8-18/h4-12H,2-3,13-15H2,1H3,(H,23,27). The number of aromatic nitrogens is 3. The molecule has 0 aliphatic carbocycles. The van der Waals surface area contributed by atoms with E-state index in [1.165, 1.54) is 0 Å². The minimum absolute atomic E-state index is 0.0655. The van der Waals surface area contributed by atoms with Gasteiger partial charge in [-0.1, -0.05) is 43.1 Å². The lowest BCUT2D eigenvalue weighted by Gasteiger charge is -2.06. The monoisotopic (exact) mass is 414 g/mol. The van der Waals surface area contributed by atoms with E-state index < -0.39 is 0 Å². The normalized spacial score (nSPS) is 10.8. The molecule has 1 N–H and O–H groups in total. The Balaban J connectivity index is 1.78. The number of hydrogen-bond acceptors (Lipinski definition) is 3. The van der Waals surface area contributed by atoms with E-state index in [0.717, 1.165) is 36.5 Å². The van der Waals surface area contributed by atoms with Crippen LogP contribution in [0.25, 0.3) is 11.4 Å². The zero-order valence-corrected chi connectivity index (χ0v) is 17.3. The third-order valence-electron chi connectivity index (χ3n) is 4.37. The number of nitrogens with one attached hydrogen (secondary N) is 1. The van der Waals surface area contributed by atoms with Crippen LogP contribution in [0, 0.1) is 4.77 Å². The predicted molar refractivity (Wildman–Crippen MR) is 116 cm³/mol. The van der Waals surface area contributed by atoms with Crippen LogP contribution in [0.4, 0.5) is 5.69 Å². The molecule has 1 amide bonds. The van der Waals surface area contributed by atoms with Crippen molar-refractivity contribution in [3.63, 3.8) is 0 Å². The van der Waals surface area contributed by atoms with E-state index in [-0.39, 0.29) is 5.91 Å². The van der Waals surface area contributed by atoms with E-state index in [1.54, 1.807) is 4.68 Å². The average Bonchev–Trinajstić information content (AvgIpc) is 3.01. The maximum absolute atomic E-state index is 12.3. The molecule has 0 bridgehead atoms. The van der Waals surface area contributed by atoms with Gasteiger partial charge in [-0.15, -0.1) is 0 Å². The van der Waals surface area contributed by atoms with Gasteiger partial charge in [-0.2, -0.15) is 5.10 Å². The molecule has 5 nitrogen and oxygen atoms in total. The molecule has 0 spiro atoms. The highest BCUT2D eigenvalue weighted by Crippen LogP contribution is 2.21. The zero-order valence-electron chi connectivity index (χ0n) is 15.8. The van der Waals surface area contributed by atoms with E-state index >= 15 is 0 Å². The number of unbranched alkanes of at least 4 members (excludes halogenated alkanes) is 1. The van der Waals surface area contributed by atoms with Crippen LogP contribution < -0.4 is 5.32 Å². The van der Waals surface area contributed by atoms with Crippen molar-refractivity contribution in [3.05, 3.63) is 64.4 Å². The maximum Gasteiger partial charge on any atom is 0.226 e. The second-order valence-corrected chi connectivity index (χ2v) is 7.31. The number of nitrogens with zero attached hydrogens (tertiary/aromatic N) is 3. The van der Waals surface area contributed by atoms with Crippen molar-refractivity contribution in [2.24, 2.45) is 0 Å². The molecule has 0 saturated carbocycles. The molecule has 0 saturated heterocycles. The van der Waals surface area contributed by atoms with E-state index in [4.69, 9.17) is 28.9 Å². The van der Waals surface area contributed by atoms with Crippen LogP contribution in [0.5, 0.6) is 0 Å². The van der Waals surface area contributed by atoms with E-state index in [2.05, 4.69) is 12.2 Å². The molecular formula is C21H23ClN4OS. The van der Waals surface area contributed by atoms with Gasteiger partial charge in [0.1, 0.15) is 0 Å². The van der Waals surface area contributed by atoms with Crippen molar-refractivity contribution in [2.75, 3.05) is 5.32 Å². The third-order valence-corrected chi connectivity index (χ3v) is 5.05. The molecule has 146 valence electrons. The largest absolute Gasteiger partial charge is 0.326 e. The molecule has 3 rings (SSSR count). The molecule has 0 radical (unpaired) electrons. The number of halogens is 1. The second kappa shape index (κ2) is 9.66. The van der Waals surface area contributed by atoms with Crippen molar-refractivity contribution < 1.29 is 4.79 Å². The van der Waals surface area contributed by atoms with Crippen molar-refractivity contribution in [1.29, 1.82) is 0 Å². The number of carbonyl (C=O) groups excluding carboxylic acids is 1. The van der Waals surface area contributed by atoms with Gasteiger partial charge >= 0.3 is 0 Å². The van der Waals surface area contributed by atoms with E-state index in [1.807, 2.05) is 59.2 Å².